The van der Waals surface area contributed by atoms with Gasteiger partial charge in [0.2, 0.25) is 0 Å². The van der Waals surface area contributed by atoms with Gasteiger partial charge in [-0.1, -0.05) is 27.5 Å². The fourth-order valence-corrected chi connectivity index (χ4v) is 3.71. The van der Waals surface area contributed by atoms with E-state index in [-0.39, 0.29) is 22.1 Å². The number of aryl methyl sites for hydroxylation is 1. The molecule has 0 saturated carbocycles. The van der Waals surface area contributed by atoms with E-state index in [9.17, 15) is 13.5 Å². The van der Waals surface area contributed by atoms with Gasteiger partial charge in [-0.3, -0.25) is 4.72 Å². The number of phenols is 1. The fraction of sp³-hybridized carbons (Fsp3) is 0.143. The third-order valence-electron chi connectivity index (χ3n) is 2.94. The second kappa shape index (κ2) is 6.36. The molecule has 0 aliphatic rings. The van der Waals surface area contributed by atoms with Gasteiger partial charge in [0.25, 0.3) is 10.0 Å². The van der Waals surface area contributed by atoms with Crippen molar-refractivity contribution in [3.05, 3.63) is 45.4 Å². The molecule has 2 aromatic rings. The van der Waals surface area contributed by atoms with Gasteiger partial charge in [0.05, 0.1) is 12.8 Å². The van der Waals surface area contributed by atoms with E-state index in [1.807, 2.05) is 6.92 Å². The summed E-state index contributed by atoms with van der Waals surface area (Å²) in [4.78, 5) is -0.0492. The average molecular weight is 407 g/mol. The first-order valence-corrected chi connectivity index (χ1v) is 8.75. The van der Waals surface area contributed by atoms with Gasteiger partial charge < -0.3 is 9.84 Å². The number of benzene rings is 2. The van der Waals surface area contributed by atoms with Gasteiger partial charge in [-0.15, -0.1) is 0 Å². The number of nitrogens with one attached hydrogen (secondary N) is 1. The number of ether oxygens (including phenoxy) is 1. The predicted octanol–water partition coefficient (Wildman–Crippen LogP) is 3.93. The number of hydrogen-bond acceptors (Lipinski definition) is 4. The summed E-state index contributed by atoms with van der Waals surface area (Å²) in [5.41, 5.74) is 0.827. The van der Waals surface area contributed by atoms with Crippen molar-refractivity contribution >= 4 is 43.2 Å². The van der Waals surface area contributed by atoms with Gasteiger partial charge in [-0.25, -0.2) is 8.42 Å². The Morgan fingerprint density at radius 2 is 1.95 bits per heavy atom. The maximum atomic E-state index is 12.5. The van der Waals surface area contributed by atoms with Crippen LogP contribution in [0.1, 0.15) is 5.56 Å². The molecule has 0 aliphatic heterocycles. The minimum atomic E-state index is -3.96. The van der Waals surface area contributed by atoms with Gasteiger partial charge in [0, 0.05) is 9.50 Å². The summed E-state index contributed by atoms with van der Waals surface area (Å²) < 4.78 is 33.1. The van der Waals surface area contributed by atoms with E-state index in [2.05, 4.69) is 20.7 Å². The number of sulfonamides is 1. The van der Waals surface area contributed by atoms with Crippen LogP contribution in [0.4, 0.5) is 5.69 Å². The van der Waals surface area contributed by atoms with Crippen LogP contribution in [-0.2, 0) is 10.0 Å². The highest BCUT2D eigenvalue weighted by Gasteiger charge is 2.22. The van der Waals surface area contributed by atoms with Crippen LogP contribution >= 0.6 is 27.5 Å². The van der Waals surface area contributed by atoms with Crippen LogP contribution < -0.4 is 9.46 Å². The molecule has 0 spiro atoms. The van der Waals surface area contributed by atoms with Crippen molar-refractivity contribution in [1.82, 2.24) is 0 Å². The zero-order chi connectivity index (χ0) is 16.5. The molecule has 0 saturated heterocycles. The average Bonchev–Trinajstić information content (AvgIpc) is 2.45. The molecule has 0 aliphatic carbocycles. The summed E-state index contributed by atoms with van der Waals surface area (Å²) in [5, 5.41) is 10.0. The Morgan fingerprint density at radius 3 is 2.59 bits per heavy atom. The third-order valence-corrected chi connectivity index (χ3v) is 5.41. The van der Waals surface area contributed by atoms with Crippen LogP contribution in [0.2, 0.25) is 5.02 Å². The van der Waals surface area contributed by atoms with Gasteiger partial charge in [-0.05, 0) is 42.8 Å². The van der Waals surface area contributed by atoms with E-state index >= 15 is 0 Å². The topological polar surface area (TPSA) is 75.6 Å². The molecule has 0 radical (unpaired) electrons. The van der Waals surface area contributed by atoms with E-state index in [0.29, 0.717) is 9.50 Å². The molecule has 0 aromatic heterocycles. The summed E-state index contributed by atoms with van der Waals surface area (Å²) in [5.74, 6) is -0.0205. The van der Waals surface area contributed by atoms with E-state index in [4.69, 9.17) is 16.3 Å². The molecule has 5 nitrogen and oxygen atoms in total. The van der Waals surface area contributed by atoms with E-state index in [1.165, 1.54) is 31.4 Å². The summed E-state index contributed by atoms with van der Waals surface area (Å²) in [6.07, 6.45) is 0. The smallest absolute Gasteiger partial charge is 0.265 e. The SMILES string of the molecule is COc1cc(C)c(Br)cc1S(=O)(=O)Nc1cc(Cl)ccc1O. The summed E-state index contributed by atoms with van der Waals surface area (Å²) in [6, 6.07) is 7.14. The molecule has 22 heavy (non-hydrogen) atoms. The molecule has 0 fully saturated rings. The molecule has 0 heterocycles. The number of rotatable bonds is 4. The predicted molar refractivity (Wildman–Crippen MR) is 89.4 cm³/mol. The van der Waals surface area contributed by atoms with Crippen molar-refractivity contribution in [2.24, 2.45) is 0 Å². The number of methoxy groups -OCH3 is 1. The van der Waals surface area contributed by atoms with Gasteiger partial charge in [-0.2, -0.15) is 0 Å². The number of phenolic OH excluding ortho intramolecular Hbond substituents is 1. The Balaban J connectivity index is 2.51. The van der Waals surface area contributed by atoms with Gasteiger partial charge in [0.1, 0.15) is 16.4 Å². The maximum absolute atomic E-state index is 12.5. The molecule has 118 valence electrons. The molecule has 2 rings (SSSR count). The largest absolute Gasteiger partial charge is 0.506 e. The highest BCUT2D eigenvalue weighted by molar-refractivity contribution is 9.10. The molecule has 2 aromatic carbocycles. The quantitative estimate of drug-likeness (QED) is 0.755. The van der Waals surface area contributed by atoms with Crippen molar-refractivity contribution in [2.45, 2.75) is 11.8 Å². The third kappa shape index (κ3) is 3.48. The number of anilines is 1. The van der Waals surface area contributed by atoms with Crippen LogP contribution in [0.15, 0.2) is 39.7 Å². The van der Waals surface area contributed by atoms with Crippen molar-refractivity contribution in [3.8, 4) is 11.5 Å². The second-order valence-electron chi connectivity index (χ2n) is 4.52. The van der Waals surface area contributed by atoms with Gasteiger partial charge >= 0.3 is 0 Å². The van der Waals surface area contributed by atoms with Crippen LogP contribution in [0.25, 0.3) is 0 Å². The van der Waals surface area contributed by atoms with Crippen LogP contribution in [-0.4, -0.2) is 20.6 Å². The van der Waals surface area contributed by atoms with Crippen molar-refractivity contribution in [1.29, 1.82) is 0 Å². The zero-order valence-corrected chi connectivity index (χ0v) is 14.9. The maximum Gasteiger partial charge on any atom is 0.265 e. The zero-order valence-electron chi connectivity index (χ0n) is 11.7. The molecule has 0 unspecified atom stereocenters. The van der Waals surface area contributed by atoms with Crippen LogP contribution in [0, 0.1) is 6.92 Å². The lowest BCUT2D eigenvalue weighted by molar-refractivity contribution is 0.402. The second-order valence-corrected chi connectivity index (χ2v) is 7.46. The Kier molecular flexibility index (Phi) is 4.89. The molecule has 0 bridgehead atoms. The first kappa shape index (κ1) is 16.9. The highest BCUT2D eigenvalue weighted by atomic mass is 79.9. The normalized spacial score (nSPS) is 11.3. The number of aromatic hydroxyl groups is 1. The number of hydrogen-bond donors (Lipinski definition) is 2. The monoisotopic (exact) mass is 405 g/mol. The molecule has 0 amide bonds. The molecule has 8 heteroatoms. The summed E-state index contributed by atoms with van der Waals surface area (Å²) in [6.45, 7) is 1.82. The van der Waals surface area contributed by atoms with Gasteiger partial charge in [0.15, 0.2) is 0 Å². The Hall–Kier alpha value is -1.44. The minimum absolute atomic E-state index is 0.00810. The Bertz CT molecular complexity index is 824. The standard InChI is InChI=1S/C14H13BrClNO4S/c1-8-5-13(21-2)14(7-10(8)15)22(19,20)17-11-6-9(16)3-4-12(11)18/h3-7,17-18H,1-2H3. The molecule has 0 atom stereocenters. The molecular formula is C14H13BrClNO4S. The lowest BCUT2D eigenvalue weighted by atomic mass is 10.2. The Labute approximate surface area is 142 Å². The van der Waals surface area contributed by atoms with E-state index in [1.54, 1.807) is 6.07 Å². The molecule has 2 N–H and O–H groups in total. The molecular weight excluding hydrogens is 394 g/mol. The summed E-state index contributed by atoms with van der Waals surface area (Å²) >= 11 is 9.11. The number of halogens is 2. The lowest BCUT2D eigenvalue weighted by Crippen LogP contribution is -2.14. The van der Waals surface area contributed by atoms with Crippen molar-refractivity contribution in [2.75, 3.05) is 11.8 Å². The highest BCUT2D eigenvalue weighted by Crippen LogP contribution is 2.34. The minimum Gasteiger partial charge on any atom is -0.506 e. The first-order chi connectivity index (χ1) is 10.2. The fourth-order valence-electron chi connectivity index (χ4n) is 1.80. The van der Waals surface area contributed by atoms with E-state index in [0.717, 1.165) is 5.56 Å². The van der Waals surface area contributed by atoms with E-state index < -0.39 is 10.0 Å². The Morgan fingerprint density at radius 1 is 1.27 bits per heavy atom. The van der Waals surface area contributed by atoms with Crippen LogP contribution in [0.3, 0.4) is 0 Å². The first-order valence-electron chi connectivity index (χ1n) is 6.10. The lowest BCUT2D eigenvalue weighted by Gasteiger charge is -2.14. The summed E-state index contributed by atoms with van der Waals surface area (Å²) in [7, 11) is -2.57. The van der Waals surface area contributed by atoms with Crippen molar-refractivity contribution in [3.63, 3.8) is 0 Å². The van der Waals surface area contributed by atoms with Crippen LogP contribution in [0.5, 0.6) is 11.5 Å². The van der Waals surface area contributed by atoms with Crippen molar-refractivity contribution < 1.29 is 18.3 Å².